The van der Waals surface area contributed by atoms with E-state index in [1.165, 1.54) is 4.90 Å². The molecule has 182 valence electrons. The molecule has 0 fully saturated rings. The van der Waals surface area contributed by atoms with Crippen molar-refractivity contribution in [1.82, 2.24) is 15.0 Å². The summed E-state index contributed by atoms with van der Waals surface area (Å²) in [6, 6.07) is 19.0. The Labute approximate surface area is 210 Å². The second-order valence-corrected chi connectivity index (χ2v) is 8.67. The molecule has 0 saturated carbocycles. The number of anilines is 1. The fourth-order valence-corrected chi connectivity index (χ4v) is 3.73. The molecule has 0 radical (unpaired) electrons. The molecular weight excluding hydrogens is 454 g/mol. The number of nitriles is 1. The molecule has 8 nitrogen and oxygen atoms in total. The normalized spacial score (nSPS) is 10.8. The van der Waals surface area contributed by atoms with Gasteiger partial charge >= 0.3 is 6.09 Å². The summed E-state index contributed by atoms with van der Waals surface area (Å²) in [4.78, 5) is 27.7. The molecule has 0 unspecified atom stereocenters. The van der Waals surface area contributed by atoms with Crippen molar-refractivity contribution < 1.29 is 14.3 Å². The van der Waals surface area contributed by atoms with Crippen LogP contribution in [0, 0.1) is 17.2 Å². The van der Waals surface area contributed by atoms with Crippen LogP contribution in [0.3, 0.4) is 0 Å². The smallest absolute Gasteiger partial charge is 0.417 e. The number of methoxy groups -OCH3 is 1. The quantitative estimate of drug-likeness (QED) is 0.315. The minimum atomic E-state index is -0.555. The molecule has 0 atom stereocenters. The van der Waals surface area contributed by atoms with E-state index in [2.05, 4.69) is 34.9 Å². The molecular formula is C28H27N5O3. The largest absolute Gasteiger partial charge is 0.494 e. The molecule has 0 aliphatic rings. The Kier molecular flexibility index (Phi) is 7.71. The van der Waals surface area contributed by atoms with Crippen molar-refractivity contribution in [3.8, 4) is 22.9 Å². The van der Waals surface area contributed by atoms with Crippen LogP contribution in [0.5, 0.6) is 5.75 Å². The first-order chi connectivity index (χ1) is 17.5. The van der Waals surface area contributed by atoms with E-state index in [4.69, 9.17) is 9.47 Å². The van der Waals surface area contributed by atoms with Gasteiger partial charge in [0.05, 0.1) is 18.8 Å². The van der Waals surface area contributed by atoms with Gasteiger partial charge in [0.15, 0.2) is 5.69 Å². The number of nitrogens with zero attached hydrogens (tertiary/aromatic N) is 5. The highest BCUT2D eigenvalue weighted by Gasteiger charge is 2.23. The van der Waals surface area contributed by atoms with Crippen LogP contribution in [0.2, 0.25) is 0 Å². The third kappa shape index (κ3) is 5.58. The molecule has 8 heteroatoms. The van der Waals surface area contributed by atoms with E-state index >= 15 is 0 Å². The van der Waals surface area contributed by atoms with Gasteiger partial charge in [0.2, 0.25) is 5.95 Å². The van der Waals surface area contributed by atoms with Crippen molar-refractivity contribution in [3.63, 3.8) is 0 Å². The minimum Gasteiger partial charge on any atom is -0.494 e. The first-order valence-electron chi connectivity index (χ1n) is 11.7. The van der Waals surface area contributed by atoms with Gasteiger partial charge in [-0.15, -0.1) is 0 Å². The van der Waals surface area contributed by atoms with Crippen molar-refractivity contribution in [2.45, 2.75) is 26.9 Å². The summed E-state index contributed by atoms with van der Waals surface area (Å²) >= 11 is 0. The van der Waals surface area contributed by atoms with Crippen LogP contribution < -0.4 is 9.64 Å². The van der Waals surface area contributed by atoms with Crippen molar-refractivity contribution in [2.24, 2.45) is 5.92 Å². The van der Waals surface area contributed by atoms with E-state index in [-0.39, 0.29) is 18.2 Å². The van der Waals surface area contributed by atoms with Crippen molar-refractivity contribution in [2.75, 3.05) is 18.6 Å². The van der Waals surface area contributed by atoms with Crippen LogP contribution in [0.15, 0.2) is 67.0 Å². The molecule has 0 saturated heterocycles. The maximum atomic E-state index is 13.1. The van der Waals surface area contributed by atoms with Crippen LogP contribution in [0.25, 0.3) is 22.0 Å². The average molecular weight is 482 g/mol. The molecule has 0 bridgehead atoms. The third-order valence-electron chi connectivity index (χ3n) is 5.70. The SMILES string of the molecule is COc1cnccc1-c1ccc2nc(N(CCC(C)C)C(=O)OCc3ccccc3)nc(C#N)c2c1. The maximum absolute atomic E-state index is 13.1. The van der Waals surface area contributed by atoms with Gasteiger partial charge in [-0.2, -0.15) is 5.26 Å². The van der Waals surface area contributed by atoms with Gasteiger partial charge in [-0.05, 0) is 41.7 Å². The predicted molar refractivity (Wildman–Crippen MR) is 137 cm³/mol. The van der Waals surface area contributed by atoms with E-state index < -0.39 is 6.09 Å². The van der Waals surface area contributed by atoms with Crippen molar-refractivity contribution >= 4 is 22.9 Å². The van der Waals surface area contributed by atoms with Crippen molar-refractivity contribution in [3.05, 3.63) is 78.2 Å². The summed E-state index contributed by atoms with van der Waals surface area (Å²) < 4.78 is 11.0. The van der Waals surface area contributed by atoms with E-state index in [0.29, 0.717) is 29.1 Å². The molecule has 0 aliphatic carbocycles. The highest BCUT2D eigenvalue weighted by atomic mass is 16.6. The van der Waals surface area contributed by atoms with Crippen LogP contribution in [-0.2, 0) is 11.3 Å². The number of hydrogen-bond acceptors (Lipinski definition) is 7. The number of amides is 1. The first kappa shape index (κ1) is 24.6. The Morgan fingerprint density at radius 2 is 1.92 bits per heavy atom. The standard InChI is InChI=1S/C28H27N5O3/c1-19(2)12-14-33(28(34)36-18-20-7-5-4-6-8-20)27-31-24-10-9-21(15-23(24)25(16-29)32-27)22-11-13-30-17-26(22)35-3/h4-11,13,15,17,19H,12,14,18H2,1-3H3. The van der Waals surface area contributed by atoms with Gasteiger partial charge in [-0.3, -0.25) is 4.98 Å². The monoisotopic (exact) mass is 481 g/mol. The van der Waals surface area contributed by atoms with Gasteiger partial charge in [-0.25, -0.2) is 19.7 Å². The minimum absolute atomic E-state index is 0.133. The summed E-state index contributed by atoms with van der Waals surface area (Å²) in [5.74, 6) is 1.11. The molecule has 2 aromatic heterocycles. The van der Waals surface area contributed by atoms with Gasteiger partial charge in [0, 0.05) is 23.7 Å². The second-order valence-electron chi connectivity index (χ2n) is 8.67. The van der Waals surface area contributed by atoms with Crippen LogP contribution in [0.4, 0.5) is 10.7 Å². The third-order valence-corrected chi connectivity index (χ3v) is 5.70. The Bertz CT molecular complexity index is 1400. The Balaban J connectivity index is 1.70. The van der Waals surface area contributed by atoms with Gasteiger partial charge in [0.25, 0.3) is 0 Å². The first-order valence-corrected chi connectivity index (χ1v) is 11.7. The highest BCUT2D eigenvalue weighted by Crippen LogP contribution is 2.32. The highest BCUT2D eigenvalue weighted by molar-refractivity contribution is 5.92. The molecule has 36 heavy (non-hydrogen) atoms. The molecule has 2 aromatic carbocycles. The lowest BCUT2D eigenvalue weighted by atomic mass is 10.0. The van der Waals surface area contributed by atoms with Gasteiger partial charge in [0.1, 0.15) is 18.4 Å². The van der Waals surface area contributed by atoms with Crippen LogP contribution in [-0.4, -0.2) is 34.7 Å². The Morgan fingerprint density at radius 1 is 1.11 bits per heavy atom. The number of benzene rings is 2. The zero-order chi connectivity index (χ0) is 25.5. The van der Waals surface area contributed by atoms with Crippen LogP contribution >= 0.6 is 0 Å². The van der Waals surface area contributed by atoms with E-state index in [1.807, 2.05) is 54.6 Å². The number of carbonyl (C=O) groups is 1. The fourth-order valence-electron chi connectivity index (χ4n) is 3.73. The lowest BCUT2D eigenvalue weighted by Crippen LogP contribution is -2.34. The molecule has 1 amide bonds. The molecule has 2 heterocycles. The summed E-state index contributed by atoms with van der Waals surface area (Å²) in [5.41, 5.74) is 3.29. The van der Waals surface area contributed by atoms with E-state index in [1.54, 1.807) is 19.5 Å². The number of pyridine rings is 1. The average Bonchev–Trinajstić information content (AvgIpc) is 2.91. The number of fused-ring (bicyclic) bond motifs is 1. The second kappa shape index (κ2) is 11.3. The van der Waals surface area contributed by atoms with Crippen molar-refractivity contribution in [1.29, 1.82) is 5.26 Å². The Morgan fingerprint density at radius 3 is 2.64 bits per heavy atom. The molecule has 4 aromatic rings. The van der Waals surface area contributed by atoms with Gasteiger partial charge in [-0.1, -0.05) is 50.2 Å². The zero-order valence-electron chi connectivity index (χ0n) is 20.5. The summed E-state index contributed by atoms with van der Waals surface area (Å²) in [6.07, 6.45) is 3.49. The maximum Gasteiger partial charge on any atom is 0.417 e. The molecule has 0 aliphatic heterocycles. The summed E-state index contributed by atoms with van der Waals surface area (Å²) in [6.45, 7) is 4.65. The lowest BCUT2D eigenvalue weighted by Gasteiger charge is -2.22. The van der Waals surface area contributed by atoms with Crippen LogP contribution in [0.1, 0.15) is 31.5 Å². The number of ether oxygens (including phenoxy) is 2. The number of aromatic nitrogens is 3. The summed E-state index contributed by atoms with van der Waals surface area (Å²) in [5, 5.41) is 10.5. The topological polar surface area (TPSA) is 101 Å². The molecule has 0 spiro atoms. The number of hydrogen-bond donors (Lipinski definition) is 0. The zero-order valence-corrected chi connectivity index (χ0v) is 20.5. The number of rotatable bonds is 8. The fraction of sp³-hybridized carbons (Fsp3) is 0.250. The molecule has 4 rings (SSSR count). The summed E-state index contributed by atoms with van der Waals surface area (Å²) in [7, 11) is 1.58. The van der Waals surface area contributed by atoms with E-state index in [0.717, 1.165) is 23.1 Å². The lowest BCUT2D eigenvalue weighted by molar-refractivity contribution is 0.146. The Hall–Kier alpha value is -4.51. The molecule has 0 N–H and O–H groups in total. The number of carbonyl (C=O) groups excluding carboxylic acids is 1. The van der Waals surface area contributed by atoms with E-state index in [9.17, 15) is 10.1 Å². The predicted octanol–water partition coefficient (Wildman–Crippen LogP) is 5.76. The van der Waals surface area contributed by atoms with Gasteiger partial charge < -0.3 is 9.47 Å².